The fourth-order valence-electron chi connectivity index (χ4n) is 2.49. The first-order valence-electron chi connectivity index (χ1n) is 8.00. The molecule has 25 heavy (non-hydrogen) atoms. The Labute approximate surface area is 151 Å². The Balaban J connectivity index is 1.63. The molecule has 1 aliphatic rings. The lowest BCUT2D eigenvalue weighted by molar-refractivity contribution is -0.116. The fourth-order valence-corrected chi connectivity index (χ4v) is 4.33. The van der Waals surface area contributed by atoms with Crippen LogP contribution >= 0.6 is 11.3 Å². The zero-order valence-corrected chi connectivity index (χ0v) is 15.2. The Morgan fingerprint density at radius 1 is 1.28 bits per heavy atom. The molecule has 2 aromatic rings. The second-order valence-electron chi connectivity index (χ2n) is 5.75. The van der Waals surface area contributed by atoms with E-state index in [1.54, 1.807) is 23.5 Å². The molecule has 132 valence electrons. The standard InChI is InChI=1S/C17H19N3O3S2/c21-17(7-6-13-8-10-24-12-13)19-14-3-1-4-15(11-14)25(22,23)20-16-5-2-9-18-16/h1,3-4,8,10-12H,2,5-7,9H2,(H,18,20)(H,19,21). The van der Waals surface area contributed by atoms with Crippen LogP contribution in [-0.2, 0) is 21.2 Å². The van der Waals surface area contributed by atoms with E-state index < -0.39 is 10.0 Å². The molecule has 0 atom stereocenters. The van der Waals surface area contributed by atoms with Gasteiger partial charge >= 0.3 is 0 Å². The van der Waals surface area contributed by atoms with Crippen molar-refractivity contribution >= 4 is 38.8 Å². The molecule has 0 radical (unpaired) electrons. The zero-order chi connectivity index (χ0) is 17.7. The quantitative estimate of drug-likeness (QED) is 0.811. The minimum atomic E-state index is -3.68. The predicted octanol–water partition coefficient (Wildman–Crippen LogP) is 2.79. The van der Waals surface area contributed by atoms with Gasteiger partial charge in [0.25, 0.3) is 10.0 Å². The number of thiophene rings is 1. The molecule has 0 saturated carbocycles. The van der Waals surface area contributed by atoms with Crippen LogP contribution in [0.15, 0.2) is 51.0 Å². The van der Waals surface area contributed by atoms with Crippen molar-refractivity contribution in [1.82, 2.24) is 4.72 Å². The number of aliphatic imine (C=N–C) groups is 1. The third-order valence-corrected chi connectivity index (χ3v) is 5.89. The van der Waals surface area contributed by atoms with Crippen LogP contribution in [0.5, 0.6) is 0 Å². The molecule has 1 aliphatic heterocycles. The number of carbonyl (C=O) groups excluding carboxylic acids is 1. The summed E-state index contributed by atoms with van der Waals surface area (Å²) < 4.78 is 27.3. The van der Waals surface area contributed by atoms with Crippen LogP contribution in [0.1, 0.15) is 24.8 Å². The summed E-state index contributed by atoms with van der Waals surface area (Å²) in [5.41, 5.74) is 1.59. The molecule has 0 aliphatic carbocycles. The van der Waals surface area contributed by atoms with E-state index in [-0.39, 0.29) is 10.8 Å². The van der Waals surface area contributed by atoms with E-state index in [4.69, 9.17) is 0 Å². The summed E-state index contributed by atoms with van der Waals surface area (Å²) in [4.78, 5) is 16.3. The van der Waals surface area contributed by atoms with Gasteiger partial charge in [0.05, 0.1) is 4.90 Å². The Hall–Kier alpha value is -2.19. The molecule has 1 aromatic heterocycles. The van der Waals surface area contributed by atoms with E-state index >= 15 is 0 Å². The fraction of sp³-hybridized carbons (Fsp3) is 0.294. The van der Waals surface area contributed by atoms with Gasteiger partial charge in [0.2, 0.25) is 5.91 Å². The minimum absolute atomic E-state index is 0.109. The number of nitrogens with zero attached hydrogens (tertiary/aromatic N) is 1. The van der Waals surface area contributed by atoms with Gasteiger partial charge in [-0.25, -0.2) is 8.42 Å². The normalized spacial score (nSPS) is 14.2. The van der Waals surface area contributed by atoms with E-state index in [1.165, 1.54) is 12.1 Å². The smallest absolute Gasteiger partial charge is 0.262 e. The molecule has 0 spiro atoms. The number of hydrogen-bond donors (Lipinski definition) is 2. The topological polar surface area (TPSA) is 87.6 Å². The third kappa shape index (κ3) is 4.90. The molecule has 2 N–H and O–H groups in total. The van der Waals surface area contributed by atoms with Crippen molar-refractivity contribution in [2.45, 2.75) is 30.6 Å². The number of rotatable bonds is 6. The van der Waals surface area contributed by atoms with E-state index in [0.717, 1.165) is 12.0 Å². The number of amides is 1. The van der Waals surface area contributed by atoms with Gasteiger partial charge in [-0.3, -0.25) is 14.5 Å². The first-order valence-corrected chi connectivity index (χ1v) is 10.4. The van der Waals surface area contributed by atoms with Crippen LogP contribution in [0.4, 0.5) is 5.69 Å². The molecule has 0 bridgehead atoms. The molecule has 6 nitrogen and oxygen atoms in total. The lowest BCUT2D eigenvalue weighted by Gasteiger charge is -2.10. The number of anilines is 1. The van der Waals surface area contributed by atoms with Crippen LogP contribution in [0.3, 0.4) is 0 Å². The molecule has 0 saturated heterocycles. The van der Waals surface area contributed by atoms with Gasteiger partial charge in [-0.05, 0) is 53.4 Å². The van der Waals surface area contributed by atoms with Crippen molar-refractivity contribution in [3.8, 4) is 0 Å². The van der Waals surface area contributed by atoms with Crippen LogP contribution in [0, 0.1) is 0 Å². The minimum Gasteiger partial charge on any atom is -0.326 e. The van der Waals surface area contributed by atoms with Crippen LogP contribution in [-0.4, -0.2) is 26.7 Å². The summed E-state index contributed by atoms with van der Waals surface area (Å²) in [5, 5.41) is 6.74. The van der Waals surface area contributed by atoms with Gasteiger partial charge in [0.1, 0.15) is 5.84 Å². The molecule has 8 heteroatoms. The maximum atomic E-state index is 12.4. The Morgan fingerprint density at radius 2 is 2.16 bits per heavy atom. The average molecular weight is 377 g/mol. The van der Waals surface area contributed by atoms with Gasteiger partial charge < -0.3 is 5.32 Å². The number of aryl methyl sites for hydroxylation is 1. The summed E-state index contributed by atoms with van der Waals surface area (Å²) in [6.07, 6.45) is 2.51. The lowest BCUT2D eigenvalue weighted by atomic mass is 10.2. The van der Waals surface area contributed by atoms with Crippen molar-refractivity contribution in [1.29, 1.82) is 0 Å². The number of sulfonamides is 1. The average Bonchev–Trinajstić information content (AvgIpc) is 3.26. The number of amidine groups is 1. The zero-order valence-electron chi connectivity index (χ0n) is 13.6. The van der Waals surface area contributed by atoms with Gasteiger partial charge in [-0.1, -0.05) is 6.07 Å². The number of carbonyl (C=O) groups is 1. The van der Waals surface area contributed by atoms with Gasteiger partial charge in [0.15, 0.2) is 0 Å². The number of hydrogen-bond acceptors (Lipinski definition) is 5. The molecule has 1 amide bonds. The van der Waals surface area contributed by atoms with Crippen molar-refractivity contribution in [3.05, 3.63) is 46.7 Å². The Bertz CT molecular complexity index is 874. The Morgan fingerprint density at radius 3 is 2.88 bits per heavy atom. The monoisotopic (exact) mass is 377 g/mol. The molecular formula is C17H19N3O3S2. The molecule has 2 heterocycles. The maximum absolute atomic E-state index is 12.4. The molecule has 0 unspecified atom stereocenters. The molecule has 1 aromatic carbocycles. The highest BCUT2D eigenvalue weighted by Gasteiger charge is 2.18. The lowest BCUT2D eigenvalue weighted by Crippen LogP contribution is -2.29. The second-order valence-corrected chi connectivity index (χ2v) is 8.21. The van der Waals surface area contributed by atoms with Crippen molar-refractivity contribution in [2.75, 3.05) is 11.9 Å². The third-order valence-electron chi connectivity index (χ3n) is 3.78. The summed E-state index contributed by atoms with van der Waals surface area (Å²) in [5.74, 6) is 0.346. The van der Waals surface area contributed by atoms with E-state index in [0.29, 0.717) is 37.3 Å². The highest BCUT2D eigenvalue weighted by atomic mass is 32.2. The summed E-state index contributed by atoms with van der Waals surface area (Å²) in [6, 6.07) is 8.23. The van der Waals surface area contributed by atoms with E-state index in [1.807, 2.05) is 16.8 Å². The molecule has 0 fully saturated rings. The van der Waals surface area contributed by atoms with Gasteiger partial charge in [-0.2, -0.15) is 11.3 Å². The predicted molar refractivity (Wildman–Crippen MR) is 99.6 cm³/mol. The maximum Gasteiger partial charge on any atom is 0.262 e. The second kappa shape index (κ2) is 7.79. The van der Waals surface area contributed by atoms with Crippen molar-refractivity contribution < 1.29 is 13.2 Å². The highest BCUT2D eigenvalue weighted by Crippen LogP contribution is 2.17. The van der Waals surface area contributed by atoms with Crippen LogP contribution < -0.4 is 10.0 Å². The largest absolute Gasteiger partial charge is 0.326 e. The first kappa shape index (κ1) is 17.6. The molecular weight excluding hydrogens is 358 g/mol. The van der Waals surface area contributed by atoms with E-state index in [9.17, 15) is 13.2 Å². The van der Waals surface area contributed by atoms with E-state index in [2.05, 4.69) is 15.0 Å². The van der Waals surface area contributed by atoms with Crippen LogP contribution in [0.25, 0.3) is 0 Å². The van der Waals surface area contributed by atoms with Crippen molar-refractivity contribution in [2.24, 2.45) is 4.99 Å². The number of benzene rings is 1. The summed E-state index contributed by atoms with van der Waals surface area (Å²) in [6.45, 7) is 0.651. The highest BCUT2D eigenvalue weighted by molar-refractivity contribution is 7.90. The summed E-state index contributed by atoms with van der Waals surface area (Å²) in [7, 11) is -3.68. The first-order chi connectivity index (χ1) is 12.0. The van der Waals surface area contributed by atoms with Crippen LogP contribution in [0.2, 0.25) is 0 Å². The SMILES string of the molecule is O=C(CCc1ccsc1)Nc1cccc(S(=O)(=O)NC2=NCCC2)c1. The Kier molecular flexibility index (Phi) is 5.50. The summed E-state index contributed by atoms with van der Waals surface area (Å²) >= 11 is 1.60. The van der Waals surface area contributed by atoms with Gasteiger partial charge in [-0.15, -0.1) is 0 Å². The molecule has 3 rings (SSSR count). The van der Waals surface area contributed by atoms with Gasteiger partial charge in [0, 0.05) is 25.1 Å². The van der Waals surface area contributed by atoms with Crippen molar-refractivity contribution in [3.63, 3.8) is 0 Å². The number of nitrogens with one attached hydrogen (secondary N) is 2.